The van der Waals surface area contributed by atoms with Crippen LogP contribution >= 0.6 is 0 Å². The number of benzene rings is 1. The Balaban J connectivity index is 2.27. The van der Waals surface area contributed by atoms with Crippen LogP contribution in [0.3, 0.4) is 0 Å². The average Bonchev–Trinajstić information content (AvgIpc) is 2.48. The molecule has 0 unspecified atom stereocenters. The standard InChI is InChI=1S/C16H20N4O3/c1-10(15(22)23-16(2,3)4)20-13(11-8-6-5-7-9-11)12(14(20)21)18-19-17/h5-10,12-13H,1-4H3/t10-,12-,13+/m0/s1. The van der Waals surface area contributed by atoms with Crippen LogP contribution in [0.1, 0.15) is 39.3 Å². The maximum absolute atomic E-state index is 12.3. The fourth-order valence-electron chi connectivity index (χ4n) is 2.59. The first kappa shape index (κ1) is 16.8. The zero-order chi connectivity index (χ0) is 17.2. The largest absolute Gasteiger partial charge is 0.458 e. The molecular formula is C16H20N4O3. The molecule has 1 aliphatic heterocycles. The van der Waals surface area contributed by atoms with Crippen molar-refractivity contribution >= 4 is 11.9 Å². The molecule has 0 saturated carbocycles. The highest BCUT2D eigenvalue weighted by atomic mass is 16.6. The number of azide groups is 1. The summed E-state index contributed by atoms with van der Waals surface area (Å²) >= 11 is 0. The highest BCUT2D eigenvalue weighted by Crippen LogP contribution is 2.39. The molecule has 3 atom stereocenters. The number of nitrogens with zero attached hydrogens (tertiary/aromatic N) is 4. The fraction of sp³-hybridized carbons (Fsp3) is 0.500. The van der Waals surface area contributed by atoms with Crippen molar-refractivity contribution < 1.29 is 14.3 Å². The molecule has 23 heavy (non-hydrogen) atoms. The Morgan fingerprint density at radius 1 is 1.35 bits per heavy atom. The van der Waals surface area contributed by atoms with Crippen LogP contribution in [0.4, 0.5) is 0 Å². The van der Waals surface area contributed by atoms with Gasteiger partial charge in [-0.2, -0.15) is 0 Å². The molecule has 122 valence electrons. The fourth-order valence-corrected chi connectivity index (χ4v) is 2.59. The van der Waals surface area contributed by atoms with Crippen LogP contribution in [0.25, 0.3) is 10.4 Å². The van der Waals surface area contributed by atoms with Gasteiger partial charge in [-0.05, 0) is 38.8 Å². The van der Waals surface area contributed by atoms with Crippen LogP contribution in [0.5, 0.6) is 0 Å². The number of hydrogen-bond donors (Lipinski definition) is 0. The van der Waals surface area contributed by atoms with E-state index in [4.69, 9.17) is 10.3 Å². The number of rotatable bonds is 4. The number of carbonyl (C=O) groups excluding carboxylic acids is 2. The Labute approximate surface area is 134 Å². The molecule has 0 N–H and O–H groups in total. The lowest BCUT2D eigenvalue weighted by molar-refractivity contribution is -0.173. The average molecular weight is 316 g/mol. The normalized spacial score (nSPS) is 21.9. The summed E-state index contributed by atoms with van der Waals surface area (Å²) in [5.74, 6) is -0.846. The number of carbonyl (C=O) groups is 2. The number of esters is 1. The molecule has 1 aromatic rings. The summed E-state index contributed by atoms with van der Waals surface area (Å²) in [6.07, 6.45) is 0. The molecule has 7 nitrogen and oxygen atoms in total. The second kappa shape index (κ2) is 6.30. The summed E-state index contributed by atoms with van der Waals surface area (Å²) in [4.78, 5) is 28.7. The highest BCUT2D eigenvalue weighted by Gasteiger charge is 2.51. The predicted molar refractivity (Wildman–Crippen MR) is 84.3 cm³/mol. The number of likely N-dealkylation sites (tertiary alicyclic amines) is 1. The maximum Gasteiger partial charge on any atom is 0.329 e. The second-order valence-electron chi connectivity index (χ2n) is 6.46. The first-order chi connectivity index (χ1) is 10.8. The lowest BCUT2D eigenvalue weighted by atomic mass is 9.87. The number of hydrogen-bond acceptors (Lipinski definition) is 4. The van der Waals surface area contributed by atoms with E-state index in [1.165, 1.54) is 4.90 Å². The van der Waals surface area contributed by atoms with Crippen LogP contribution in [-0.4, -0.2) is 34.5 Å². The van der Waals surface area contributed by atoms with E-state index >= 15 is 0 Å². The quantitative estimate of drug-likeness (QED) is 0.281. The van der Waals surface area contributed by atoms with E-state index in [1.54, 1.807) is 27.7 Å². The molecule has 0 spiro atoms. The first-order valence-electron chi connectivity index (χ1n) is 7.40. The van der Waals surface area contributed by atoms with Crippen LogP contribution in [0.15, 0.2) is 35.4 Å². The molecule has 1 amide bonds. The minimum atomic E-state index is -0.827. The van der Waals surface area contributed by atoms with Gasteiger partial charge in [-0.15, -0.1) is 0 Å². The van der Waals surface area contributed by atoms with Crippen LogP contribution < -0.4 is 0 Å². The number of β-lactam (4-membered cyclic amide) rings is 1. The lowest BCUT2D eigenvalue weighted by Gasteiger charge is -2.48. The molecule has 0 aromatic heterocycles. The molecule has 2 rings (SSSR count). The third-order valence-electron chi connectivity index (χ3n) is 3.59. The topological polar surface area (TPSA) is 95.4 Å². The van der Waals surface area contributed by atoms with Crippen molar-refractivity contribution in [3.05, 3.63) is 46.3 Å². The maximum atomic E-state index is 12.3. The molecule has 1 heterocycles. The van der Waals surface area contributed by atoms with Gasteiger partial charge in [0.05, 0.1) is 6.04 Å². The van der Waals surface area contributed by atoms with Gasteiger partial charge in [-0.1, -0.05) is 35.4 Å². The van der Waals surface area contributed by atoms with Crippen molar-refractivity contribution in [2.45, 2.75) is 51.4 Å². The SMILES string of the molecule is C[C@@H](C(=O)OC(C)(C)C)N1C(=O)[C@@H](N=[N+]=[N-])[C@H]1c1ccccc1. The van der Waals surface area contributed by atoms with Crippen molar-refractivity contribution in [2.75, 3.05) is 0 Å². The Bertz CT molecular complexity index is 647. The smallest absolute Gasteiger partial charge is 0.329 e. The molecule has 1 aliphatic rings. The van der Waals surface area contributed by atoms with Gasteiger partial charge in [0.1, 0.15) is 17.7 Å². The molecule has 7 heteroatoms. The van der Waals surface area contributed by atoms with E-state index < -0.39 is 29.7 Å². The van der Waals surface area contributed by atoms with Gasteiger partial charge in [0, 0.05) is 4.91 Å². The van der Waals surface area contributed by atoms with Crippen LogP contribution in [0.2, 0.25) is 0 Å². The van der Waals surface area contributed by atoms with Gasteiger partial charge in [-0.25, -0.2) is 4.79 Å². The Hall–Kier alpha value is -2.53. The molecular weight excluding hydrogens is 296 g/mol. The van der Waals surface area contributed by atoms with Gasteiger partial charge < -0.3 is 9.64 Å². The van der Waals surface area contributed by atoms with Crippen molar-refractivity contribution in [2.24, 2.45) is 5.11 Å². The van der Waals surface area contributed by atoms with Gasteiger partial charge in [0.15, 0.2) is 0 Å². The zero-order valence-corrected chi connectivity index (χ0v) is 13.6. The minimum Gasteiger partial charge on any atom is -0.458 e. The molecule has 1 aromatic carbocycles. The third-order valence-corrected chi connectivity index (χ3v) is 3.59. The van der Waals surface area contributed by atoms with Gasteiger partial charge in [0.25, 0.3) is 0 Å². The van der Waals surface area contributed by atoms with Crippen molar-refractivity contribution in [1.82, 2.24) is 4.90 Å². The monoisotopic (exact) mass is 316 g/mol. The summed E-state index contributed by atoms with van der Waals surface area (Å²) in [5.41, 5.74) is 8.85. The van der Waals surface area contributed by atoms with Crippen LogP contribution in [0, 0.1) is 0 Å². The third kappa shape index (κ3) is 3.46. The highest BCUT2D eigenvalue weighted by molar-refractivity contribution is 5.94. The number of amides is 1. The summed E-state index contributed by atoms with van der Waals surface area (Å²) in [5, 5.41) is 3.57. The van der Waals surface area contributed by atoms with Crippen molar-refractivity contribution in [1.29, 1.82) is 0 Å². The van der Waals surface area contributed by atoms with Gasteiger partial charge in [0.2, 0.25) is 5.91 Å². The van der Waals surface area contributed by atoms with Gasteiger partial charge in [-0.3, -0.25) is 4.79 Å². The Morgan fingerprint density at radius 2 is 1.96 bits per heavy atom. The van der Waals surface area contributed by atoms with E-state index in [9.17, 15) is 9.59 Å². The number of ether oxygens (including phenoxy) is 1. The van der Waals surface area contributed by atoms with E-state index in [0.29, 0.717) is 0 Å². The summed E-state index contributed by atoms with van der Waals surface area (Å²) in [6.45, 7) is 6.93. The second-order valence-corrected chi connectivity index (χ2v) is 6.46. The van der Waals surface area contributed by atoms with Crippen molar-refractivity contribution in [3.8, 4) is 0 Å². The van der Waals surface area contributed by atoms with E-state index in [2.05, 4.69) is 10.0 Å². The van der Waals surface area contributed by atoms with Gasteiger partial charge >= 0.3 is 5.97 Å². The summed E-state index contributed by atoms with van der Waals surface area (Å²) in [7, 11) is 0. The molecule has 0 aliphatic carbocycles. The Kier molecular flexibility index (Phi) is 4.61. The first-order valence-corrected chi connectivity index (χ1v) is 7.40. The summed E-state index contributed by atoms with van der Waals surface area (Å²) < 4.78 is 5.35. The molecule has 0 bridgehead atoms. The summed E-state index contributed by atoms with van der Waals surface area (Å²) in [6, 6.07) is 7.17. The van der Waals surface area contributed by atoms with E-state index in [-0.39, 0.29) is 5.91 Å². The molecule has 0 radical (unpaired) electrons. The zero-order valence-electron chi connectivity index (χ0n) is 13.6. The predicted octanol–water partition coefficient (Wildman–Crippen LogP) is 2.98. The van der Waals surface area contributed by atoms with Crippen LogP contribution in [-0.2, 0) is 14.3 Å². The molecule has 1 fully saturated rings. The lowest BCUT2D eigenvalue weighted by Crippen LogP contribution is -2.63. The Morgan fingerprint density at radius 3 is 2.48 bits per heavy atom. The molecule has 1 saturated heterocycles. The minimum absolute atomic E-state index is 0.366. The van der Waals surface area contributed by atoms with Crippen molar-refractivity contribution in [3.63, 3.8) is 0 Å². The van der Waals surface area contributed by atoms with E-state index in [1.807, 2.05) is 30.3 Å². The van der Waals surface area contributed by atoms with E-state index in [0.717, 1.165) is 5.56 Å².